The Labute approximate surface area is 225 Å². The van der Waals surface area contributed by atoms with Crippen LogP contribution in [-0.2, 0) is 6.61 Å². The van der Waals surface area contributed by atoms with E-state index in [9.17, 15) is 9.18 Å². The Morgan fingerprint density at radius 3 is 2.53 bits per heavy atom. The van der Waals surface area contributed by atoms with Crippen molar-refractivity contribution < 1.29 is 13.9 Å². The van der Waals surface area contributed by atoms with Crippen LogP contribution in [0, 0.1) is 5.82 Å². The molecular weight excluding hydrogens is 593 g/mol. The van der Waals surface area contributed by atoms with Gasteiger partial charge in [0.1, 0.15) is 18.2 Å². The quantitative estimate of drug-likeness (QED) is 0.199. The average molecular weight is 617 g/mol. The van der Waals surface area contributed by atoms with Crippen LogP contribution in [-0.4, -0.2) is 22.5 Å². The highest BCUT2D eigenvalue weighted by molar-refractivity contribution is 9.10. The van der Waals surface area contributed by atoms with Crippen LogP contribution in [0.1, 0.15) is 43.6 Å². The zero-order valence-corrected chi connectivity index (χ0v) is 23.1. The van der Waals surface area contributed by atoms with E-state index in [0.29, 0.717) is 44.9 Å². The third-order valence-electron chi connectivity index (χ3n) is 5.30. The number of hydrogen-bond donors (Lipinski definition) is 0. The van der Waals surface area contributed by atoms with Gasteiger partial charge in [-0.2, -0.15) is 9.78 Å². The SMILES string of the molecule is CCOc1cc(C=Nn2c(C(C)C)nc3ccc(Br)cc3c2=O)cc(Br)c1OCc1ccc(F)cc1. The van der Waals surface area contributed by atoms with Crippen molar-refractivity contribution in [1.29, 1.82) is 0 Å². The summed E-state index contributed by atoms with van der Waals surface area (Å²) in [6.45, 7) is 6.50. The number of ether oxygens (including phenoxy) is 2. The maximum absolute atomic E-state index is 13.3. The molecular formula is C27H24Br2FN3O3. The Morgan fingerprint density at radius 2 is 1.83 bits per heavy atom. The summed E-state index contributed by atoms with van der Waals surface area (Å²) in [5.41, 5.74) is 1.91. The van der Waals surface area contributed by atoms with E-state index in [4.69, 9.17) is 9.47 Å². The molecule has 0 amide bonds. The Hall–Kier alpha value is -3.04. The standard InChI is InChI=1S/C27H24Br2FN3O3/c1-4-35-24-12-18(11-22(29)25(24)36-15-17-5-8-20(30)9-6-17)14-31-33-26(16(2)3)32-23-10-7-19(28)13-21(23)27(33)34/h5-14,16H,4,15H2,1-3H3. The van der Waals surface area contributed by atoms with Gasteiger partial charge in [-0.05, 0) is 76.4 Å². The molecule has 4 aromatic rings. The third kappa shape index (κ3) is 5.84. The normalized spacial score (nSPS) is 11.5. The smallest absolute Gasteiger partial charge is 0.282 e. The first-order valence-corrected chi connectivity index (χ1v) is 13.0. The van der Waals surface area contributed by atoms with Crippen molar-refractivity contribution in [3.63, 3.8) is 0 Å². The molecule has 6 nitrogen and oxygen atoms in total. The first kappa shape index (κ1) is 26.0. The molecule has 0 N–H and O–H groups in total. The molecule has 0 spiro atoms. The molecule has 0 atom stereocenters. The van der Waals surface area contributed by atoms with E-state index >= 15 is 0 Å². The molecule has 36 heavy (non-hydrogen) atoms. The predicted molar refractivity (Wildman–Crippen MR) is 147 cm³/mol. The van der Waals surface area contributed by atoms with Crippen molar-refractivity contribution in [3.05, 3.63) is 96.7 Å². The van der Waals surface area contributed by atoms with Gasteiger partial charge in [-0.25, -0.2) is 9.37 Å². The monoisotopic (exact) mass is 615 g/mol. The first-order valence-electron chi connectivity index (χ1n) is 11.4. The topological polar surface area (TPSA) is 65.7 Å². The van der Waals surface area contributed by atoms with Crippen molar-refractivity contribution in [1.82, 2.24) is 9.66 Å². The maximum Gasteiger partial charge on any atom is 0.282 e. The van der Waals surface area contributed by atoms with E-state index in [0.717, 1.165) is 10.0 Å². The van der Waals surface area contributed by atoms with E-state index in [-0.39, 0.29) is 23.9 Å². The van der Waals surface area contributed by atoms with Gasteiger partial charge in [0.05, 0.1) is 28.2 Å². The maximum atomic E-state index is 13.3. The molecule has 0 fully saturated rings. The molecule has 186 valence electrons. The molecule has 0 aliphatic carbocycles. The highest BCUT2D eigenvalue weighted by Crippen LogP contribution is 2.37. The highest BCUT2D eigenvalue weighted by atomic mass is 79.9. The van der Waals surface area contributed by atoms with E-state index in [2.05, 4.69) is 41.9 Å². The fourth-order valence-electron chi connectivity index (χ4n) is 3.58. The number of fused-ring (bicyclic) bond motifs is 1. The zero-order chi connectivity index (χ0) is 25.8. The van der Waals surface area contributed by atoms with Gasteiger partial charge in [-0.1, -0.05) is 41.9 Å². The van der Waals surface area contributed by atoms with Crippen LogP contribution in [0.4, 0.5) is 4.39 Å². The van der Waals surface area contributed by atoms with E-state index < -0.39 is 0 Å². The number of hydrogen-bond acceptors (Lipinski definition) is 5. The lowest BCUT2D eigenvalue weighted by Gasteiger charge is -2.15. The molecule has 0 radical (unpaired) electrons. The fraction of sp³-hybridized carbons (Fsp3) is 0.222. The van der Waals surface area contributed by atoms with Gasteiger partial charge in [-0.3, -0.25) is 4.79 Å². The second-order valence-electron chi connectivity index (χ2n) is 8.33. The van der Waals surface area contributed by atoms with Gasteiger partial charge in [0.2, 0.25) is 0 Å². The summed E-state index contributed by atoms with van der Waals surface area (Å²) in [4.78, 5) is 17.9. The van der Waals surface area contributed by atoms with Crippen molar-refractivity contribution in [2.75, 3.05) is 6.61 Å². The molecule has 0 bridgehead atoms. The first-order chi connectivity index (χ1) is 17.3. The molecule has 0 saturated carbocycles. The number of aromatic nitrogens is 2. The molecule has 0 aliphatic heterocycles. The van der Waals surface area contributed by atoms with Crippen molar-refractivity contribution in [3.8, 4) is 11.5 Å². The fourth-order valence-corrected chi connectivity index (χ4v) is 4.51. The number of benzene rings is 3. The van der Waals surface area contributed by atoms with Gasteiger partial charge in [-0.15, -0.1) is 0 Å². The molecule has 0 unspecified atom stereocenters. The van der Waals surface area contributed by atoms with Crippen molar-refractivity contribution >= 4 is 49.0 Å². The highest BCUT2D eigenvalue weighted by Gasteiger charge is 2.15. The van der Waals surface area contributed by atoms with Crippen LogP contribution in [0.3, 0.4) is 0 Å². The lowest BCUT2D eigenvalue weighted by atomic mass is 10.2. The molecule has 0 aliphatic rings. The summed E-state index contributed by atoms with van der Waals surface area (Å²) in [5.74, 6) is 1.29. The van der Waals surface area contributed by atoms with Crippen LogP contribution in [0.15, 0.2) is 73.4 Å². The predicted octanol–water partition coefficient (Wildman–Crippen LogP) is 7.04. The van der Waals surface area contributed by atoms with Gasteiger partial charge in [0.25, 0.3) is 5.56 Å². The lowest BCUT2D eigenvalue weighted by Crippen LogP contribution is -2.23. The summed E-state index contributed by atoms with van der Waals surface area (Å²) < 4.78 is 27.8. The van der Waals surface area contributed by atoms with Crippen molar-refractivity contribution in [2.45, 2.75) is 33.3 Å². The Bertz CT molecular complexity index is 1480. The van der Waals surface area contributed by atoms with E-state index in [1.54, 1.807) is 30.5 Å². The third-order valence-corrected chi connectivity index (χ3v) is 6.38. The van der Waals surface area contributed by atoms with Crippen LogP contribution in [0.25, 0.3) is 10.9 Å². The minimum Gasteiger partial charge on any atom is -0.490 e. The Morgan fingerprint density at radius 1 is 1.08 bits per heavy atom. The van der Waals surface area contributed by atoms with Crippen LogP contribution >= 0.6 is 31.9 Å². The molecule has 1 heterocycles. The minimum atomic E-state index is -0.299. The van der Waals surface area contributed by atoms with Gasteiger partial charge in [0, 0.05) is 10.4 Å². The summed E-state index contributed by atoms with van der Waals surface area (Å²) in [7, 11) is 0. The summed E-state index contributed by atoms with van der Waals surface area (Å²) in [6, 6.07) is 15.2. The van der Waals surface area contributed by atoms with E-state index in [1.807, 2.05) is 39.0 Å². The molecule has 1 aromatic heterocycles. The summed E-state index contributed by atoms with van der Waals surface area (Å²) >= 11 is 6.98. The second kappa shape index (κ2) is 11.3. The molecule has 3 aromatic carbocycles. The van der Waals surface area contributed by atoms with Crippen LogP contribution in [0.2, 0.25) is 0 Å². The van der Waals surface area contributed by atoms with Gasteiger partial charge >= 0.3 is 0 Å². The number of nitrogens with zero attached hydrogens (tertiary/aromatic N) is 3. The summed E-state index contributed by atoms with van der Waals surface area (Å²) in [5, 5.41) is 4.98. The molecule has 0 saturated heterocycles. The Kier molecular flexibility index (Phi) is 8.21. The van der Waals surface area contributed by atoms with Gasteiger partial charge < -0.3 is 9.47 Å². The van der Waals surface area contributed by atoms with Crippen LogP contribution in [0.5, 0.6) is 11.5 Å². The average Bonchev–Trinajstić information content (AvgIpc) is 2.84. The second-order valence-corrected chi connectivity index (χ2v) is 10.1. The van der Waals surface area contributed by atoms with Crippen LogP contribution < -0.4 is 15.0 Å². The summed E-state index contributed by atoms with van der Waals surface area (Å²) in [6.07, 6.45) is 1.59. The number of rotatable bonds is 8. The number of halogens is 3. The lowest BCUT2D eigenvalue weighted by molar-refractivity contribution is 0.267. The zero-order valence-electron chi connectivity index (χ0n) is 20.0. The van der Waals surface area contributed by atoms with E-state index in [1.165, 1.54) is 16.8 Å². The van der Waals surface area contributed by atoms with Crippen molar-refractivity contribution in [2.24, 2.45) is 5.10 Å². The van der Waals surface area contributed by atoms with Gasteiger partial charge in [0.15, 0.2) is 11.5 Å². The largest absolute Gasteiger partial charge is 0.490 e. The molecule has 4 rings (SSSR count). The minimum absolute atomic E-state index is 0.0177. The Balaban J connectivity index is 1.69. The molecule has 9 heteroatoms.